The normalized spacial score (nSPS) is 12.4. The molecule has 6 nitrogen and oxygen atoms in total. The SMILES string of the molecule is CCCCCCCCCCCCCCCCCCCC/C=C/C(O)C(CO)NC(=O)CCCCCCCCCCCCCCCCCCCCCCCCCCCCCCCCCCCCCCCOC(=O)CCCCCCCCCCCCCCCCC. The van der Waals surface area contributed by atoms with Crippen LogP contribution < -0.4 is 5.32 Å². The van der Waals surface area contributed by atoms with E-state index in [-0.39, 0.29) is 18.5 Å². The predicted molar refractivity (Wildman–Crippen MR) is 394 cm³/mol. The molecule has 0 aromatic heterocycles. The van der Waals surface area contributed by atoms with Gasteiger partial charge in [0, 0.05) is 12.8 Å². The zero-order chi connectivity index (χ0) is 64.2. The first-order valence-corrected chi connectivity index (χ1v) is 41.5. The fourth-order valence-electron chi connectivity index (χ4n) is 13.5. The highest BCUT2D eigenvalue weighted by Crippen LogP contribution is 2.21. The van der Waals surface area contributed by atoms with E-state index in [9.17, 15) is 19.8 Å². The minimum absolute atomic E-state index is 0.0274. The number of carbonyl (C=O) groups excluding carboxylic acids is 2. The number of nitrogens with one attached hydrogen (secondary N) is 1. The summed E-state index contributed by atoms with van der Waals surface area (Å²) in [5.41, 5.74) is 0. The molecule has 530 valence electrons. The summed E-state index contributed by atoms with van der Waals surface area (Å²) in [4.78, 5) is 24.6. The van der Waals surface area contributed by atoms with Crippen molar-refractivity contribution < 1.29 is 24.5 Å². The van der Waals surface area contributed by atoms with Crippen molar-refractivity contribution in [3.8, 4) is 0 Å². The number of esters is 1. The molecule has 0 saturated carbocycles. The molecule has 0 aliphatic carbocycles. The van der Waals surface area contributed by atoms with E-state index >= 15 is 0 Å². The van der Waals surface area contributed by atoms with E-state index in [0.717, 1.165) is 38.5 Å². The molecular formula is C83H163NO5. The minimum atomic E-state index is -0.841. The average Bonchev–Trinajstić information content (AvgIpc) is 3.67. The van der Waals surface area contributed by atoms with Crippen molar-refractivity contribution >= 4 is 11.9 Å². The van der Waals surface area contributed by atoms with Crippen LogP contribution in [0.2, 0.25) is 0 Å². The highest BCUT2D eigenvalue weighted by atomic mass is 16.5. The molecule has 0 radical (unpaired) electrons. The molecule has 3 N–H and O–H groups in total. The number of rotatable bonds is 79. The van der Waals surface area contributed by atoms with Crippen LogP contribution in [-0.2, 0) is 14.3 Å². The van der Waals surface area contributed by atoms with Gasteiger partial charge < -0.3 is 20.3 Å². The standard InChI is InChI=1S/C83H163NO5/c1-3-5-7-9-11-13-15-17-19-20-21-41-44-48-51-55-59-63-67-71-75-81(86)80(79-85)84-82(87)76-72-68-64-60-56-52-49-45-42-39-37-35-33-31-29-27-25-23-22-24-26-28-30-32-34-36-38-40-43-46-50-54-58-62-66-70-74-78-89-83(88)77-73-69-65-61-57-53-47-18-16-14-12-10-8-6-4-2/h71,75,80-81,85-86H,3-70,72-74,76-79H2,1-2H3,(H,84,87)/b75-71+. The van der Waals surface area contributed by atoms with Gasteiger partial charge in [-0.25, -0.2) is 0 Å². The molecule has 0 aliphatic rings. The maximum Gasteiger partial charge on any atom is 0.305 e. The Kier molecular flexibility index (Phi) is 77.8. The van der Waals surface area contributed by atoms with Gasteiger partial charge in [-0.05, 0) is 32.1 Å². The second kappa shape index (κ2) is 79.0. The number of aliphatic hydroxyl groups excluding tert-OH is 2. The van der Waals surface area contributed by atoms with Crippen LogP contribution in [0.3, 0.4) is 0 Å². The summed E-state index contributed by atoms with van der Waals surface area (Å²) in [6, 6.07) is -0.624. The van der Waals surface area contributed by atoms with Gasteiger partial charge in [0.2, 0.25) is 5.91 Å². The van der Waals surface area contributed by atoms with Gasteiger partial charge in [-0.1, -0.05) is 450 Å². The molecule has 0 aliphatic heterocycles. The summed E-state index contributed by atoms with van der Waals surface area (Å²) in [6.45, 7) is 4.97. The number of ether oxygens (including phenoxy) is 1. The maximum atomic E-state index is 12.5. The van der Waals surface area contributed by atoms with Gasteiger partial charge >= 0.3 is 5.97 Å². The second-order valence-corrected chi connectivity index (χ2v) is 28.8. The third-order valence-electron chi connectivity index (χ3n) is 19.8. The first-order valence-electron chi connectivity index (χ1n) is 41.5. The third-order valence-corrected chi connectivity index (χ3v) is 19.8. The molecule has 0 fully saturated rings. The lowest BCUT2D eigenvalue weighted by Crippen LogP contribution is -2.45. The van der Waals surface area contributed by atoms with Gasteiger partial charge in [0.1, 0.15) is 0 Å². The first kappa shape index (κ1) is 87.6. The molecule has 0 rings (SSSR count). The number of allylic oxidation sites excluding steroid dienone is 1. The highest BCUT2D eigenvalue weighted by molar-refractivity contribution is 5.76. The summed E-state index contributed by atoms with van der Waals surface area (Å²) in [7, 11) is 0. The molecule has 2 atom stereocenters. The summed E-state index contributed by atoms with van der Waals surface area (Å²) in [6.07, 6.45) is 101. The zero-order valence-electron chi connectivity index (χ0n) is 61.0. The maximum absolute atomic E-state index is 12.5. The van der Waals surface area contributed by atoms with E-state index < -0.39 is 12.1 Å². The highest BCUT2D eigenvalue weighted by Gasteiger charge is 2.18. The van der Waals surface area contributed by atoms with E-state index in [1.165, 1.54) is 417 Å². The fraction of sp³-hybridized carbons (Fsp3) is 0.952. The van der Waals surface area contributed by atoms with Crippen molar-refractivity contribution in [2.24, 2.45) is 0 Å². The lowest BCUT2D eigenvalue weighted by molar-refractivity contribution is -0.143. The molecule has 0 aromatic rings. The number of hydrogen-bond donors (Lipinski definition) is 3. The molecule has 2 unspecified atom stereocenters. The Balaban J connectivity index is 3.31. The zero-order valence-corrected chi connectivity index (χ0v) is 61.0. The molecule has 0 bridgehead atoms. The van der Waals surface area contributed by atoms with Gasteiger partial charge in [0.15, 0.2) is 0 Å². The topological polar surface area (TPSA) is 95.9 Å². The second-order valence-electron chi connectivity index (χ2n) is 28.8. The van der Waals surface area contributed by atoms with Crippen LogP contribution >= 0.6 is 0 Å². The number of hydrogen-bond acceptors (Lipinski definition) is 5. The van der Waals surface area contributed by atoms with Crippen molar-refractivity contribution in [2.45, 2.75) is 495 Å². The molecule has 89 heavy (non-hydrogen) atoms. The largest absolute Gasteiger partial charge is 0.466 e. The van der Waals surface area contributed by atoms with E-state index in [0.29, 0.717) is 19.4 Å². The Labute approximate surface area is 559 Å². The Morgan fingerprint density at radius 3 is 0.764 bits per heavy atom. The Bertz CT molecular complexity index is 1350. The van der Waals surface area contributed by atoms with Crippen molar-refractivity contribution in [3.05, 3.63) is 12.2 Å². The van der Waals surface area contributed by atoms with Gasteiger partial charge in [0.25, 0.3) is 0 Å². The summed E-state index contributed by atoms with van der Waals surface area (Å²) in [5, 5.41) is 23.3. The number of aliphatic hydroxyl groups is 2. The third kappa shape index (κ3) is 75.5. The molecule has 0 heterocycles. The monoisotopic (exact) mass is 1250 g/mol. The van der Waals surface area contributed by atoms with Gasteiger partial charge in [-0.15, -0.1) is 0 Å². The molecule has 0 aromatic carbocycles. The number of carbonyl (C=O) groups is 2. The van der Waals surface area contributed by atoms with Crippen LogP contribution in [0.25, 0.3) is 0 Å². The van der Waals surface area contributed by atoms with Crippen LogP contribution in [0.4, 0.5) is 0 Å². The van der Waals surface area contributed by atoms with Crippen LogP contribution in [0, 0.1) is 0 Å². The number of amides is 1. The van der Waals surface area contributed by atoms with E-state index in [4.69, 9.17) is 4.74 Å². The molecule has 0 saturated heterocycles. The quantitative estimate of drug-likeness (QED) is 0.0320. The van der Waals surface area contributed by atoms with E-state index in [1.807, 2.05) is 6.08 Å². The summed E-state index contributed by atoms with van der Waals surface area (Å²) in [5.74, 6) is -0.0297. The van der Waals surface area contributed by atoms with E-state index in [2.05, 4.69) is 19.2 Å². The lowest BCUT2D eigenvalue weighted by atomic mass is 10.0. The van der Waals surface area contributed by atoms with Crippen LogP contribution in [-0.4, -0.2) is 47.4 Å². The molecule has 0 spiro atoms. The molecule has 1 amide bonds. The molecule has 6 heteroatoms. The van der Waals surface area contributed by atoms with Crippen LogP contribution in [0.5, 0.6) is 0 Å². The van der Waals surface area contributed by atoms with Crippen LogP contribution in [0.1, 0.15) is 483 Å². The predicted octanol–water partition coefficient (Wildman–Crippen LogP) is 27.4. The summed E-state index contributed by atoms with van der Waals surface area (Å²) >= 11 is 0. The Morgan fingerprint density at radius 2 is 0.517 bits per heavy atom. The molecular weight excluding hydrogens is 1090 g/mol. The lowest BCUT2D eigenvalue weighted by Gasteiger charge is -2.20. The van der Waals surface area contributed by atoms with E-state index in [1.54, 1.807) is 6.08 Å². The fourth-order valence-corrected chi connectivity index (χ4v) is 13.5. The van der Waals surface area contributed by atoms with Crippen molar-refractivity contribution in [2.75, 3.05) is 13.2 Å². The van der Waals surface area contributed by atoms with Crippen molar-refractivity contribution in [1.82, 2.24) is 5.32 Å². The van der Waals surface area contributed by atoms with Crippen molar-refractivity contribution in [1.29, 1.82) is 0 Å². The minimum Gasteiger partial charge on any atom is -0.466 e. The van der Waals surface area contributed by atoms with Gasteiger partial charge in [0.05, 0.1) is 25.4 Å². The van der Waals surface area contributed by atoms with Gasteiger partial charge in [-0.2, -0.15) is 0 Å². The van der Waals surface area contributed by atoms with Crippen LogP contribution in [0.15, 0.2) is 12.2 Å². The van der Waals surface area contributed by atoms with Gasteiger partial charge in [-0.3, -0.25) is 9.59 Å². The Hall–Kier alpha value is -1.40. The average molecular weight is 1260 g/mol. The van der Waals surface area contributed by atoms with Crippen molar-refractivity contribution in [3.63, 3.8) is 0 Å². The smallest absolute Gasteiger partial charge is 0.305 e. The summed E-state index contributed by atoms with van der Waals surface area (Å²) < 4.78 is 5.51. The first-order chi connectivity index (χ1) is 44.0. The Morgan fingerprint density at radius 1 is 0.303 bits per heavy atom. The number of unbranched alkanes of at least 4 members (excludes halogenated alkanes) is 68.